The fourth-order valence-corrected chi connectivity index (χ4v) is 2.21. The highest BCUT2D eigenvalue weighted by atomic mass is 35.5. The van der Waals surface area contributed by atoms with E-state index in [1.54, 1.807) is 12.1 Å². The minimum absolute atomic E-state index is 0. The molecule has 0 aliphatic rings. The minimum atomic E-state index is -0.0574. The van der Waals surface area contributed by atoms with E-state index < -0.39 is 0 Å². The van der Waals surface area contributed by atoms with Gasteiger partial charge in [-0.1, -0.05) is 36.4 Å². The van der Waals surface area contributed by atoms with Gasteiger partial charge in [-0.2, -0.15) is 0 Å². The lowest BCUT2D eigenvalue weighted by atomic mass is 10.1. The lowest BCUT2D eigenvalue weighted by Gasteiger charge is -2.17. The van der Waals surface area contributed by atoms with Crippen LogP contribution in [0.1, 0.15) is 11.1 Å². The fourth-order valence-electron chi connectivity index (χ4n) is 2.21. The number of hydrogen-bond donors (Lipinski definition) is 3. The summed E-state index contributed by atoms with van der Waals surface area (Å²) >= 11 is 0. The Morgan fingerprint density at radius 1 is 1.09 bits per heavy atom. The molecule has 2 aromatic rings. The van der Waals surface area contributed by atoms with Crippen LogP contribution in [-0.4, -0.2) is 30.0 Å². The molecule has 1 atom stereocenters. The van der Waals surface area contributed by atoms with Gasteiger partial charge in [-0.15, -0.1) is 12.4 Å². The van der Waals surface area contributed by atoms with E-state index in [9.17, 15) is 10.2 Å². The Kier molecular flexibility index (Phi) is 7.74. The quantitative estimate of drug-likeness (QED) is 0.732. The van der Waals surface area contributed by atoms with Crippen molar-refractivity contribution in [3.8, 4) is 11.5 Å². The highest BCUT2D eigenvalue weighted by Gasteiger charge is 2.10. The molecule has 2 aromatic carbocycles. The van der Waals surface area contributed by atoms with Gasteiger partial charge in [0, 0.05) is 12.6 Å². The Morgan fingerprint density at radius 3 is 2.41 bits per heavy atom. The number of aliphatic hydroxyl groups excluding tert-OH is 1. The molecule has 4 nitrogen and oxygen atoms in total. The molecule has 0 amide bonds. The van der Waals surface area contributed by atoms with E-state index in [2.05, 4.69) is 5.32 Å². The zero-order valence-corrected chi connectivity index (χ0v) is 13.3. The van der Waals surface area contributed by atoms with E-state index in [1.165, 1.54) is 12.7 Å². The van der Waals surface area contributed by atoms with E-state index in [-0.39, 0.29) is 30.8 Å². The van der Waals surface area contributed by atoms with Gasteiger partial charge in [-0.3, -0.25) is 0 Å². The van der Waals surface area contributed by atoms with E-state index in [1.807, 2.05) is 36.4 Å². The number of phenols is 1. The van der Waals surface area contributed by atoms with Crippen molar-refractivity contribution in [1.29, 1.82) is 0 Å². The summed E-state index contributed by atoms with van der Waals surface area (Å²) in [5.41, 5.74) is 2.13. The van der Waals surface area contributed by atoms with Gasteiger partial charge in [0.25, 0.3) is 0 Å². The maximum Gasteiger partial charge on any atom is 0.160 e. The molecule has 0 aliphatic heterocycles. The van der Waals surface area contributed by atoms with E-state index >= 15 is 0 Å². The first-order valence-electron chi connectivity index (χ1n) is 6.97. The normalized spacial score (nSPS) is 11.5. The van der Waals surface area contributed by atoms with Crippen molar-refractivity contribution >= 4 is 12.4 Å². The van der Waals surface area contributed by atoms with Crippen LogP contribution in [0.4, 0.5) is 0 Å². The molecule has 0 bridgehead atoms. The SMILES string of the molecule is COc1ccc(CC(CO)NCc2ccccc2)cc1O.Cl. The van der Waals surface area contributed by atoms with Crippen molar-refractivity contribution in [3.05, 3.63) is 59.7 Å². The summed E-state index contributed by atoms with van der Waals surface area (Å²) in [5.74, 6) is 0.575. The molecule has 0 spiro atoms. The second-order valence-electron chi connectivity index (χ2n) is 4.96. The number of rotatable bonds is 7. The van der Waals surface area contributed by atoms with Gasteiger partial charge in [-0.05, 0) is 29.7 Å². The van der Waals surface area contributed by atoms with Crippen molar-refractivity contribution in [2.45, 2.75) is 19.0 Å². The smallest absolute Gasteiger partial charge is 0.160 e. The second kappa shape index (κ2) is 9.30. The monoisotopic (exact) mass is 323 g/mol. The number of hydrogen-bond acceptors (Lipinski definition) is 4. The third-order valence-electron chi connectivity index (χ3n) is 3.38. The number of halogens is 1. The standard InChI is InChI=1S/C17H21NO3.ClH/c1-21-17-8-7-14(10-16(17)20)9-15(12-19)18-11-13-5-3-2-4-6-13;/h2-8,10,15,18-20H,9,11-12H2,1H3;1H. The van der Waals surface area contributed by atoms with E-state index in [0.717, 1.165) is 5.56 Å². The van der Waals surface area contributed by atoms with Crippen molar-refractivity contribution in [2.24, 2.45) is 0 Å². The zero-order valence-electron chi connectivity index (χ0n) is 12.5. The fraction of sp³-hybridized carbons (Fsp3) is 0.294. The molecule has 5 heteroatoms. The molecule has 0 aliphatic carbocycles. The van der Waals surface area contributed by atoms with Crippen LogP contribution in [-0.2, 0) is 13.0 Å². The third-order valence-corrected chi connectivity index (χ3v) is 3.38. The highest BCUT2D eigenvalue weighted by Crippen LogP contribution is 2.26. The molecule has 0 heterocycles. The molecular formula is C17H22ClNO3. The number of aliphatic hydroxyl groups is 1. The molecular weight excluding hydrogens is 302 g/mol. The molecule has 1 unspecified atom stereocenters. The summed E-state index contributed by atoms with van der Waals surface area (Å²) in [7, 11) is 1.52. The van der Waals surface area contributed by atoms with Gasteiger partial charge in [0.2, 0.25) is 0 Å². The highest BCUT2D eigenvalue weighted by molar-refractivity contribution is 5.85. The molecule has 2 rings (SSSR count). The Hall–Kier alpha value is -1.75. The van der Waals surface area contributed by atoms with Crippen molar-refractivity contribution in [1.82, 2.24) is 5.32 Å². The van der Waals surface area contributed by atoms with Crippen LogP contribution in [0.2, 0.25) is 0 Å². The van der Waals surface area contributed by atoms with Crippen LogP contribution >= 0.6 is 12.4 Å². The average Bonchev–Trinajstić information content (AvgIpc) is 2.52. The lowest BCUT2D eigenvalue weighted by Crippen LogP contribution is -2.34. The number of nitrogens with one attached hydrogen (secondary N) is 1. The van der Waals surface area contributed by atoms with Crippen molar-refractivity contribution in [2.75, 3.05) is 13.7 Å². The number of ether oxygens (including phenoxy) is 1. The molecule has 0 saturated carbocycles. The number of phenolic OH excluding ortho intramolecular Hbond substituents is 1. The third kappa shape index (κ3) is 5.22. The summed E-state index contributed by atoms with van der Waals surface area (Å²) in [6, 6.07) is 15.3. The molecule has 3 N–H and O–H groups in total. The number of benzene rings is 2. The predicted octanol–water partition coefficient (Wildman–Crippen LogP) is 2.52. The Labute approximate surface area is 137 Å². The van der Waals surface area contributed by atoms with Crippen LogP contribution in [0.5, 0.6) is 11.5 Å². The first-order valence-corrected chi connectivity index (χ1v) is 6.97. The Balaban J connectivity index is 0.00000242. The van der Waals surface area contributed by atoms with Crippen LogP contribution in [0.25, 0.3) is 0 Å². The largest absolute Gasteiger partial charge is 0.504 e. The first kappa shape index (κ1) is 18.3. The van der Waals surface area contributed by atoms with Crippen LogP contribution in [0.3, 0.4) is 0 Å². The van der Waals surface area contributed by atoms with Crippen LogP contribution < -0.4 is 10.1 Å². The summed E-state index contributed by atoms with van der Waals surface area (Å²) in [6.45, 7) is 0.744. The van der Waals surface area contributed by atoms with Gasteiger partial charge in [0.05, 0.1) is 13.7 Å². The second-order valence-corrected chi connectivity index (χ2v) is 4.96. The van der Waals surface area contributed by atoms with Crippen molar-refractivity contribution < 1.29 is 14.9 Å². The maximum atomic E-state index is 9.78. The van der Waals surface area contributed by atoms with Gasteiger partial charge in [0.1, 0.15) is 0 Å². The number of methoxy groups -OCH3 is 1. The zero-order chi connectivity index (χ0) is 15.1. The van der Waals surface area contributed by atoms with Gasteiger partial charge in [0.15, 0.2) is 11.5 Å². The summed E-state index contributed by atoms with van der Waals surface area (Å²) in [4.78, 5) is 0. The topological polar surface area (TPSA) is 61.7 Å². The predicted molar refractivity (Wildman–Crippen MR) is 89.8 cm³/mol. The average molecular weight is 324 g/mol. The minimum Gasteiger partial charge on any atom is -0.504 e. The summed E-state index contributed by atoms with van der Waals surface area (Å²) in [5, 5.41) is 22.6. The maximum absolute atomic E-state index is 9.78. The van der Waals surface area contributed by atoms with Gasteiger partial charge in [-0.25, -0.2) is 0 Å². The van der Waals surface area contributed by atoms with Crippen LogP contribution in [0, 0.1) is 0 Å². The first-order chi connectivity index (χ1) is 10.2. The molecule has 0 fully saturated rings. The molecule has 22 heavy (non-hydrogen) atoms. The molecule has 0 saturated heterocycles. The lowest BCUT2D eigenvalue weighted by molar-refractivity contribution is 0.240. The van der Waals surface area contributed by atoms with Crippen LogP contribution in [0.15, 0.2) is 48.5 Å². The van der Waals surface area contributed by atoms with Crippen molar-refractivity contribution in [3.63, 3.8) is 0 Å². The van der Waals surface area contributed by atoms with E-state index in [4.69, 9.17) is 4.74 Å². The van der Waals surface area contributed by atoms with Gasteiger partial charge >= 0.3 is 0 Å². The summed E-state index contributed by atoms with van der Waals surface area (Å²) in [6.07, 6.45) is 0.640. The number of aromatic hydroxyl groups is 1. The Morgan fingerprint density at radius 2 is 1.82 bits per heavy atom. The molecule has 120 valence electrons. The molecule has 0 radical (unpaired) electrons. The summed E-state index contributed by atoms with van der Waals surface area (Å²) < 4.78 is 5.02. The Bertz CT molecular complexity index is 563. The van der Waals surface area contributed by atoms with E-state index in [0.29, 0.717) is 18.7 Å². The molecule has 0 aromatic heterocycles. The van der Waals surface area contributed by atoms with Gasteiger partial charge < -0.3 is 20.3 Å².